The van der Waals surface area contributed by atoms with Crippen molar-refractivity contribution in [3.8, 4) is 0 Å². The molecule has 0 N–H and O–H groups in total. The molecule has 0 radical (unpaired) electrons. The maximum atomic E-state index is 2.50. The van der Waals surface area contributed by atoms with Gasteiger partial charge in [0.25, 0.3) is 0 Å². The van der Waals surface area contributed by atoms with Crippen LogP contribution in [0.15, 0.2) is 12.4 Å². The van der Waals surface area contributed by atoms with Crippen molar-refractivity contribution in [3.05, 3.63) is 12.4 Å². The normalized spacial score (nSPS) is 19.7. The van der Waals surface area contributed by atoms with E-state index < -0.39 is 0 Å². The molecule has 1 aliphatic heterocycles. The highest BCUT2D eigenvalue weighted by Gasteiger charge is 2.25. The van der Waals surface area contributed by atoms with Crippen LogP contribution < -0.4 is 0 Å². The summed E-state index contributed by atoms with van der Waals surface area (Å²) in [6, 6.07) is 0.614. The van der Waals surface area contributed by atoms with Crippen LogP contribution in [0.4, 0.5) is 0 Å². The van der Waals surface area contributed by atoms with Gasteiger partial charge in [-0.2, -0.15) is 0 Å². The summed E-state index contributed by atoms with van der Waals surface area (Å²) >= 11 is 0. The van der Waals surface area contributed by atoms with E-state index in [0.717, 1.165) is 6.54 Å². The smallest absolute Gasteiger partial charge is 0.101 e. The minimum atomic E-state index is 0.613. The van der Waals surface area contributed by atoms with Crippen LogP contribution in [0.2, 0.25) is 0 Å². The highest BCUT2D eigenvalue weighted by atomic mass is 15.4. The van der Waals surface area contributed by atoms with Crippen LogP contribution in [0.1, 0.15) is 66.2 Å². The average Bonchev–Trinajstić information content (AvgIpc) is 2.72. The molecule has 2 nitrogen and oxygen atoms in total. The maximum absolute atomic E-state index is 2.50. The average molecular weight is 238 g/mol. The van der Waals surface area contributed by atoms with Crippen molar-refractivity contribution in [2.45, 2.75) is 78.4 Å². The maximum Gasteiger partial charge on any atom is 0.101 e. The summed E-state index contributed by atoms with van der Waals surface area (Å²) in [6.07, 6.45) is 13.4. The fourth-order valence-electron chi connectivity index (χ4n) is 2.61. The van der Waals surface area contributed by atoms with Gasteiger partial charge in [-0.3, -0.25) is 0 Å². The third-order valence-corrected chi connectivity index (χ3v) is 3.68. The molecule has 0 aromatic rings. The van der Waals surface area contributed by atoms with Crippen molar-refractivity contribution in [1.29, 1.82) is 0 Å². The first-order valence-corrected chi connectivity index (χ1v) is 7.42. The predicted molar refractivity (Wildman–Crippen MR) is 75.7 cm³/mol. The molecular weight excluding hydrogens is 208 g/mol. The zero-order valence-electron chi connectivity index (χ0n) is 12.2. The lowest BCUT2D eigenvalue weighted by Gasteiger charge is -2.34. The van der Waals surface area contributed by atoms with Crippen molar-refractivity contribution in [2.75, 3.05) is 6.54 Å². The van der Waals surface area contributed by atoms with Crippen molar-refractivity contribution < 1.29 is 0 Å². The SMILES string of the molecule is CCCCCCCC1N(CC)C=CN1C(C)C. The fourth-order valence-corrected chi connectivity index (χ4v) is 2.61. The minimum Gasteiger partial charge on any atom is -0.356 e. The van der Waals surface area contributed by atoms with Crippen molar-refractivity contribution >= 4 is 0 Å². The van der Waals surface area contributed by atoms with Gasteiger partial charge in [-0.1, -0.05) is 32.6 Å². The van der Waals surface area contributed by atoms with Crippen LogP contribution >= 0.6 is 0 Å². The zero-order valence-corrected chi connectivity index (χ0v) is 12.2. The molecule has 0 aromatic heterocycles. The predicted octanol–water partition coefficient (Wildman–Crippen LogP) is 4.19. The fraction of sp³-hybridized carbons (Fsp3) is 0.867. The van der Waals surface area contributed by atoms with Gasteiger partial charge in [0.2, 0.25) is 0 Å². The quantitative estimate of drug-likeness (QED) is 0.585. The molecular formula is C15H30N2. The van der Waals surface area contributed by atoms with Gasteiger partial charge >= 0.3 is 0 Å². The van der Waals surface area contributed by atoms with E-state index in [9.17, 15) is 0 Å². The summed E-state index contributed by atoms with van der Waals surface area (Å²) in [6.45, 7) is 10.2. The Hall–Kier alpha value is -0.660. The van der Waals surface area contributed by atoms with Gasteiger partial charge in [-0.15, -0.1) is 0 Å². The van der Waals surface area contributed by atoms with E-state index in [0.29, 0.717) is 12.2 Å². The largest absolute Gasteiger partial charge is 0.356 e. The summed E-state index contributed by atoms with van der Waals surface area (Å²) in [5.74, 6) is 0. The standard InChI is InChI=1S/C15H30N2/c1-5-7-8-9-10-11-15-16(6-2)12-13-17(15)14(3)4/h12-15H,5-11H2,1-4H3. The minimum absolute atomic E-state index is 0.613. The molecule has 0 aliphatic carbocycles. The molecule has 1 aliphatic rings. The summed E-state index contributed by atoms with van der Waals surface area (Å²) in [5, 5.41) is 0. The third kappa shape index (κ3) is 4.25. The lowest BCUT2D eigenvalue weighted by Crippen LogP contribution is -2.41. The Bertz CT molecular complexity index is 223. The van der Waals surface area contributed by atoms with Gasteiger partial charge in [0, 0.05) is 25.0 Å². The van der Waals surface area contributed by atoms with Crippen LogP contribution in [0.25, 0.3) is 0 Å². The van der Waals surface area contributed by atoms with Crippen LogP contribution in [0.3, 0.4) is 0 Å². The summed E-state index contributed by atoms with van der Waals surface area (Å²) in [4.78, 5) is 4.98. The van der Waals surface area contributed by atoms with Gasteiger partial charge in [-0.25, -0.2) is 0 Å². The van der Waals surface area contributed by atoms with Gasteiger partial charge in [0.15, 0.2) is 0 Å². The first kappa shape index (κ1) is 14.4. The number of hydrogen-bond donors (Lipinski definition) is 0. The molecule has 0 spiro atoms. The van der Waals surface area contributed by atoms with Crippen molar-refractivity contribution in [1.82, 2.24) is 9.80 Å². The molecule has 0 saturated carbocycles. The molecule has 0 saturated heterocycles. The second-order valence-electron chi connectivity index (χ2n) is 5.35. The Morgan fingerprint density at radius 1 is 1.00 bits per heavy atom. The van der Waals surface area contributed by atoms with E-state index in [1.807, 2.05) is 0 Å². The highest BCUT2D eigenvalue weighted by molar-refractivity contribution is 4.97. The third-order valence-electron chi connectivity index (χ3n) is 3.68. The second-order valence-corrected chi connectivity index (χ2v) is 5.35. The first-order chi connectivity index (χ1) is 8.20. The molecule has 0 amide bonds. The van der Waals surface area contributed by atoms with Crippen molar-refractivity contribution in [2.24, 2.45) is 0 Å². The summed E-state index contributed by atoms with van der Waals surface area (Å²) in [7, 11) is 0. The van der Waals surface area contributed by atoms with Gasteiger partial charge in [0.1, 0.15) is 6.17 Å². The second kappa shape index (κ2) is 7.62. The molecule has 0 fully saturated rings. The molecule has 1 rings (SSSR count). The molecule has 1 unspecified atom stereocenters. The Kier molecular flexibility index (Phi) is 6.46. The topological polar surface area (TPSA) is 6.48 Å². The Labute approximate surface area is 108 Å². The van der Waals surface area contributed by atoms with Crippen LogP contribution in [-0.4, -0.2) is 28.6 Å². The highest BCUT2D eigenvalue weighted by Crippen LogP contribution is 2.23. The Morgan fingerprint density at radius 3 is 2.29 bits per heavy atom. The molecule has 1 atom stereocenters. The van der Waals surface area contributed by atoms with Crippen LogP contribution in [0, 0.1) is 0 Å². The molecule has 2 heteroatoms. The number of nitrogens with zero attached hydrogens (tertiary/aromatic N) is 2. The van der Waals surface area contributed by atoms with E-state index in [4.69, 9.17) is 0 Å². The first-order valence-electron chi connectivity index (χ1n) is 7.42. The van der Waals surface area contributed by atoms with Gasteiger partial charge in [-0.05, 0) is 33.6 Å². The van der Waals surface area contributed by atoms with Crippen LogP contribution in [-0.2, 0) is 0 Å². The molecule has 1 heterocycles. The van der Waals surface area contributed by atoms with E-state index in [1.54, 1.807) is 0 Å². The van der Waals surface area contributed by atoms with E-state index >= 15 is 0 Å². The number of rotatable bonds is 8. The molecule has 0 bridgehead atoms. The van der Waals surface area contributed by atoms with Gasteiger partial charge < -0.3 is 9.80 Å². The Morgan fingerprint density at radius 2 is 1.71 bits per heavy atom. The molecule has 100 valence electrons. The van der Waals surface area contributed by atoms with E-state index in [2.05, 4.69) is 49.9 Å². The lowest BCUT2D eigenvalue weighted by molar-refractivity contribution is 0.119. The van der Waals surface area contributed by atoms with Gasteiger partial charge in [0.05, 0.1) is 0 Å². The molecule has 0 aromatic carbocycles. The number of hydrogen-bond acceptors (Lipinski definition) is 2. The lowest BCUT2D eigenvalue weighted by atomic mass is 10.1. The summed E-state index contributed by atoms with van der Waals surface area (Å²) in [5.41, 5.74) is 0. The monoisotopic (exact) mass is 238 g/mol. The summed E-state index contributed by atoms with van der Waals surface area (Å²) < 4.78 is 0. The molecule has 17 heavy (non-hydrogen) atoms. The van der Waals surface area contributed by atoms with E-state index in [1.165, 1.54) is 38.5 Å². The zero-order chi connectivity index (χ0) is 12.7. The van der Waals surface area contributed by atoms with Crippen molar-refractivity contribution in [3.63, 3.8) is 0 Å². The van der Waals surface area contributed by atoms with Crippen LogP contribution in [0.5, 0.6) is 0 Å². The number of unbranched alkanes of at least 4 members (excludes halogenated alkanes) is 4. The van der Waals surface area contributed by atoms with E-state index in [-0.39, 0.29) is 0 Å². The Balaban J connectivity index is 2.32.